The fourth-order valence-electron chi connectivity index (χ4n) is 2.25. The van der Waals surface area contributed by atoms with Gasteiger partial charge in [0.15, 0.2) is 0 Å². The third kappa shape index (κ3) is 5.01. The molecule has 0 bridgehead atoms. The number of hydrogen-bond donors (Lipinski definition) is 2. The summed E-state index contributed by atoms with van der Waals surface area (Å²) in [6.07, 6.45) is -0.00800. The molecule has 1 unspecified atom stereocenters. The third-order valence-electron chi connectivity index (χ3n) is 3.32. The molecule has 0 saturated heterocycles. The molecule has 2 rings (SSSR count). The van der Waals surface area contributed by atoms with E-state index in [1.807, 2.05) is 17.5 Å². The van der Waals surface area contributed by atoms with Crippen molar-refractivity contribution in [2.24, 2.45) is 0 Å². The van der Waals surface area contributed by atoms with Crippen molar-refractivity contribution in [1.82, 2.24) is 5.32 Å². The Morgan fingerprint density at radius 1 is 1.36 bits per heavy atom. The number of carbonyl (C=O) groups excluding carboxylic acids is 2. The first-order valence-electron chi connectivity index (χ1n) is 7.33. The molecule has 0 radical (unpaired) electrons. The van der Waals surface area contributed by atoms with E-state index in [1.54, 1.807) is 0 Å². The number of carbonyl (C=O) groups is 2. The van der Waals surface area contributed by atoms with Gasteiger partial charge in [0.1, 0.15) is 5.75 Å². The number of nitro groups is 1. The Morgan fingerprint density at radius 2 is 2.12 bits per heavy atom. The zero-order valence-electron chi connectivity index (χ0n) is 13.6. The summed E-state index contributed by atoms with van der Waals surface area (Å²) >= 11 is 1.43. The maximum atomic E-state index is 12.4. The fraction of sp³-hybridized carbons (Fsp3) is 0.250. The quantitative estimate of drug-likeness (QED) is 0.580. The van der Waals surface area contributed by atoms with Crippen molar-refractivity contribution in [1.29, 1.82) is 0 Å². The van der Waals surface area contributed by atoms with E-state index in [2.05, 4.69) is 10.6 Å². The summed E-state index contributed by atoms with van der Waals surface area (Å²) in [5, 5.41) is 18.1. The number of ether oxygens (including phenoxy) is 1. The van der Waals surface area contributed by atoms with Crippen LogP contribution in [0.5, 0.6) is 5.75 Å². The molecule has 1 atom stereocenters. The van der Waals surface area contributed by atoms with Crippen molar-refractivity contribution < 1.29 is 19.2 Å². The molecule has 0 aliphatic rings. The zero-order chi connectivity index (χ0) is 18.4. The van der Waals surface area contributed by atoms with Gasteiger partial charge in [-0.1, -0.05) is 6.07 Å². The average Bonchev–Trinajstić information content (AvgIpc) is 3.08. The van der Waals surface area contributed by atoms with Crippen LogP contribution in [0.1, 0.15) is 24.3 Å². The highest BCUT2D eigenvalue weighted by molar-refractivity contribution is 7.10. The molecule has 0 fully saturated rings. The fourth-order valence-corrected chi connectivity index (χ4v) is 3.03. The number of nitrogens with zero attached hydrogens (tertiary/aromatic N) is 1. The van der Waals surface area contributed by atoms with Crippen LogP contribution < -0.4 is 15.4 Å². The maximum absolute atomic E-state index is 12.4. The lowest BCUT2D eigenvalue weighted by Gasteiger charge is -2.17. The second-order valence-corrected chi connectivity index (χ2v) is 6.14. The van der Waals surface area contributed by atoms with E-state index in [-0.39, 0.29) is 23.7 Å². The highest BCUT2D eigenvalue weighted by Gasteiger charge is 2.20. The van der Waals surface area contributed by atoms with E-state index in [1.165, 1.54) is 43.6 Å². The second kappa shape index (κ2) is 8.25. The van der Waals surface area contributed by atoms with E-state index in [0.717, 1.165) is 4.88 Å². The zero-order valence-corrected chi connectivity index (χ0v) is 14.5. The Bertz CT molecular complexity index is 776. The summed E-state index contributed by atoms with van der Waals surface area (Å²) in [4.78, 5) is 34.9. The lowest BCUT2D eigenvalue weighted by Crippen LogP contribution is -2.29. The Hall–Kier alpha value is -2.94. The van der Waals surface area contributed by atoms with Gasteiger partial charge in [0.2, 0.25) is 11.8 Å². The van der Waals surface area contributed by atoms with E-state index in [4.69, 9.17) is 4.74 Å². The average molecular weight is 363 g/mol. The van der Waals surface area contributed by atoms with E-state index >= 15 is 0 Å². The van der Waals surface area contributed by atoms with Crippen molar-refractivity contribution in [2.75, 3.05) is 12.4 Å². The summed E-state index contributed by atoms with van der Waals surface area (Å²) in [5.74, 6) is -0.337. The molecule has 1 heterocycles. The van der Waals surface area contributed by atoms with Gasteiger partial charge in [-0.05, 0) is 17.5 Å². The molecule has 0 spiro atoms. The maximum Gasteiger partial charge on any atom is 0.271 e. The smallest absolute Gasteiger partial charge is 0.271 e. The standard InChI is InChI=1S/C16H17N3O5S/c1-10(20)17-13(15-4-3-7-25-15)9-16(21)18-12-8-11(19(22)23)5-6-14(12)24-2/h3-8,13H,9H2,1-2H3,(H,17,20)(H,18,21). The van der Waals surface area contributed by atoms with Gasteiger partial charge in [-0.25, -0.2) is 0 Å². The Kier molecular flexibility index (Phi) is 6.07. The van der Waals surface area contributed by atoms with E-state index in [9.17, 15) is 19.7 Å². The minimum absolute atomic E-state index is 0.00800. The number of methoxy groups -OCH3 is 1. The molecule has 0 aliphatic carbocycles. The van der Waals surface area contributed by atoms with Gasteiger partial charge in [0.25, 0.3) is 5.69 Å². The van der Waals surface area contributed by atoms with Gasteiger partial charge >= 0.3 is 0 Å². The Morgan fingerprint density at radius 3 is 2.68 bits per heavy atom. The second-order valence-electron chi connectivity index (χ2n) is 5.16. The highest BCUT2D eigenvalue weighted by Crippen LogP contribution is 2.30. The largest absolute Gasteiger partial charge is 0.495 e. The summed E-state index contributed by atoms with van der Waals surface area (Å²) < 4.78 is 5.12. The molecule has 1 aromatic heterocycles. The van der Waals surface area contributed by atoms with Gasteiger partial charge in [-0.2, -0.15) is 0 Å². The van der Waals surface area contributed by atoms with Crippen LogP contribution >= 0.6 is 11.3 Å². The third-order valence-corrected chi connectivity index (χ3v) is 4.31. The summed E-state index contributed by atoms with van der Waals surface area (Å²) in [7, 11) is 1.41. The molecule has 25 heavy (non-hydrogen) atoms. The van der Waals surface area contributed by atoms with Crippen LogP contribution in [0.15, 0.2) is 35.7 Å². The number of thiophene rings is 1. The molecule has 2 N–H and O–H groups in total. The Balaban J connectivity index is 2.16. The molecule has 2 amide bonds. The van der Waals surface area contributed by atoms with Crippen LogP contribution in [0.3, 0.4) is 0 Å². The van der Waals surface area contributed by atoms with E-state index < -0.39 is 16.9 Å². The molecule has 9 heteroatoms. The number of nitrogens with one attached hydrogen (secondary N) is 2. The van der Waals surface area contributed by atoms with Gasteiger partial charge < -0.3 is 15.4 Å². The molecule has 8 nitrogen and oxygen atoms in total. The first-order valence-corrected chi connectivity index (χ1v) is 8.21. The number of anilines is 1. The lowest BCUT2D eigenvalue weighted by atomic mass is 10.1. The van der Waals surface area contributed by atoms with Crippen LogP contribution in [-0.2, 0) is 9.59 Å². The molecular formula is C16H17N3O5S. The van der Waals surface area contributed by atoms with Crippen LogP contribution in [0, 0.1) is 10.1 Å². The van der Waals surface area contributed by atoms with Crippen molar-refractivity contribution in [3.05, 3.63) is 50.7 Å². The molecule has 2 aromatic rings. The number of nitro benzene ring substituents is 1. The van der Waals surface area contributed by atoms with Crippen LogP contribution in [-0.4, -0.2) is 23.8 Å². The number of hydrogen-bond acceptors (Lipinski definition) is 6. The van der Waals surface area contributed by atoms with Crippen LogP contribution in [0.25, 0.3) is 0 Å². The van der Waals surface area contributed by atoms with E-state index in [0.29, 0.717) is 5.75 Å². The van der Waals surface area contributed by atoms with Crippen LogP contribution in [0.4, 0.5) is 11.4 Å². The molecule has 132 valence electrons. The Labute approximate surface area is 148 Å². The topological polar surface area (TPSA) is 111 Å². The summed E-state index contributed by atoms with van der Waals surface area (Å²) in [5.41, 5.74) is 0.0437. The van der Waals surface area contributed by atoms with Crippen molar-refractivity contribution in [2.45, 2.75) is 19.4 Å². The lowest BCUT2D eigenvalue weighted by molar-refractivity contribution is -0.384. The van der Waals surface area contributed by atoms with Crippen molar-refractivity contribution >= 4 is 34.5 Å². The molecular weight excluding hydrogens is 346 g/mol. The number of amides is 2. The highest BCUT2D eigenvalue weighted by atomic mass is 32.1. The number of rotatable bonds is 7. The predicted octanol–water partition coefficient (Wildman–Crippen LogP) is 2.87. The SMILES string of the molecule is COc1ccc([N+](=O)[O-])cc1NC(=O)CC(NC(C)=O)c1cccs1. The predicted molar refractivity (Wildman–Crippen MR) is 93.8 cm³/mol. The number of non-ortho nitro benzene ring substituents is 1. The van der Waals surface area contributed by atoms with Crippen LogP contribution in [0.2, 0.25) is 0 Å². The molecule has 0 saturated carbocycles. The van der Waals surface area contributed by atoms with Crippen molar-refractivity contribution in [3.63, 3.8) is 0 Å². The molecule has 0 aliphatic heterocycles. The van der Waals surface area contributed by atoms with Crippen molar-refractivity contribution in [3.8, 4) is 5.75 Å². The summed E-state index contributed by atoms with van der Waals surface area (Å²) in [6.45, 7) is 1.38. The van der Waals surface area contributed by atoms with Gasteiger partial charge in [0, 0.05) is 23.9 Å². The van der Waals surface area contributed by atoms with Gasteiger partial charge in [-0.3, -0.25) is 19.7 Å². The number of benzene rings is 1. The summed E-state index contributed by atoms with van der Waals surface area (Å²) in [6, 6.07) is 7.12. The molecule has 1 aromatic carbocycles. The minimum atomic E-state index is -0.555. The van der Waals surface area contributed by atoms with Gasteiger partial charge in [-0.15, -0.1) is 11.3 Å². The van der Waals surface area contributed by atoms with Gasteiger partial charge in [0.05, 0.1) is 30.2 Å². The first kappa shape index (κ1) is 18.4. The monoisotopic (exact) mass is 363 g/mol. The first-order chi connectivity index (χ1) is 11.9. The minimum Gasteiger partial charge on any atom is -0.495 e. The normalized spacial score (nSPS) is 11.4.